The van der Waals surface area contributed by atoms with E-state index in [1.165, 1.54) is 22.4 Å². The maximum absolute atomic E-state index is 13.6. The maximum atomic E-state index is 13.6. The Balaban J connectivity index is 1.57. The number of hydrogen-bond donors (Lipinski definition) is 1. The van der Waals surface area contributed by atoms with Crippen molar-refractivity contribution in [2.75, 3.05) is 31.1 Å². The average Bonchev–Trinajstić information content (AvgIpc) is 3.41. The fourth-order valence-corrected chi connectivity index (χ4v) is 5.42. The molecule has 0 radical (unpaired) electrons. The van der Waals surface area contributed by atoms with Gasteiger partial charge >= 0.3 is 0 Å². The van der Waals surface area contributed by atoms with Gasteiger partial charge in [0.15, 0.2) is 5.82 Å². The lowest BCUT2D eigenvalue weighted by Gasteiger charge is -2.40. The van der Waals surface area contributed by atoms with Crippen LogP contribution < -0.4 is 10.5 Å². The third-order valence-corrected chi connectivity index (χ3v) is 8.20. The van der Waals surface area contributed by atoms with Crippen LogP contribution in [0, 0.1) is 13.8 Å². The number of rotatable bonds is 7. The summed E-state index contributed by atoms with van der Waals surface area (Å²) in [7, 11) is 0. The Morgan fingerprint density at radius 3 is 2.47 bits per heavy atom. The molecule has 2 aromatic carbocycles. The number of nitrogens with zero attached hydrogens (tertiary/aromatic N) is 6. The summed E-state index contributed by atoms with van der Waals surface area (Å²) in [6.07, 6.45) is 1.81. The van der Waals surface area contributed by atoms with Crippen LogP contribution in [0.25, 0.3) is 10.9 Å². The van der Waals surface area contributed by atoms with Crippen LogP contribution in [0.1, 0.15) is 68.2 Å². The SMILES string of the molecule is CCc1ccc2[nH]c(=O)c(C(c3nnnn3C(C)(C)CC)N3CCN(c4cc(C)ccc4C)CC3)cc2c1. The van der Waals surface area contributed by atoms with Crippen LogP contribution in [-0.2, 0) is 12.0 Å². The van der Waals surface area contributed by atoms with Gasteiger partial charge < -0.3 is 9.88 Å². The molecule has 0 spiro atoms. The summed E-state index contributed by atoms with van der Waals surface area (Å²) in [6, 6.07) is 14.6. The molecule has 0 saturated carbocycles. The molecule has 1 aliphatic rings. The smallest absolute Gasteiger partial charge is 0.253 e. The van der Waals surface area contributed by atoms with E-state index in [0.717, 1.165) is 49.9 Å². The van der Waals surface area contributed by atoms with Crippen molar-refractivity contribution in [2.45, 2.75) is 66.0 Å². The number of nitrogens with one attached hydrogen (secondary N) is 1. The van der Waals surface area contributed by atoms with Crippen molar-refractivity contribution in [1.29, 1.82) is 0 Å². The summed E-state index contributed by atoms with van der Waals surface area (Å²) >= 11 is 0. The van der Waals surface area contributed by atoms with E-state index in [0.29, 0.717) is 11.4 Å². The van der Waals surface area contributed by atoms with Gasteiger partial charge in [-0.15, -0.1) is 5.10 Å². The minimum absolute atomic E-state index is 0.0902. The monoisotopic (exact) mass is 513 g/mol. The van der Waals surface area contributed by atoms with Gasteiger partial charge in [0.1, 0.15) is 6.04 Å². The molecule has 0 aliphatic carbocycles. The Kier molecular flexibility index (Phi) is 7.09. The number of aryl methyl sites for hydroxylation is 3. The molecular formula is C30H39N7O. The zero-order valence-electron chi connectivity index (χ0n) is 23.5. The van der Waals surface area contributed by atoms with Gasteiger partial charge in [0.25, 0.3) is 5.56 Å². The lowest BCUT2D eigenvalue weighted by atomic mass is 9.98. The highest BCUT2D eigenvalue weighted by atomic mass is 16.1. The first-order valence-electron chi connectivity index (χ1n) is 13.7. The first-order valence-corrected chi connectivity index (χ1v) is 13.7. The largest absolute Gasteiger partial charge is 0.369 e. The van der Waals surface area contributed by atoms with Crippen molar-refractivity contribution < 1.29 is 0 Å². The number of fused-ring (bicyclic) bond motifs is 1. The molecular weight excluding hydrogens is 474 g/mol. The van der Waals surface area contributed by atoms with Crippen molar-refractivity contribution in [1.82, 2.24) is 30.1 Å². The molecule has 0 amide bonds. The number of aromatic nitrogens is 5. The van der Waals surface area contributed by atoms with Gasteiger partial charge in [0.2, 0.25) is 0 Å². The Hall–Kier alpha value is -3.52. The molecule has 1 fully saturated rings. The summed E-state index contributed by atoms with van der Waals surface area (Å²) in [5.41, 5.74) is 6.24. The molecule has 3 heterocycles. The highest BCUT2D eigenvalue weighted by Gasteiger charge is 2.35. The number of anilines is 1. The molecule has 4 aromatic rings. The van der Waals surface area contributed by atoms with Crippen LogP contribution in [0.5, 0.6) is 0 Å². The molecule has 1 aliphatic heterocycles. The predicted octanol–water partition coefficient (Wildman–Crippen LogP) is 4.75. The maximum Gasteiger partial charge on any atom is 0.253 e. The summed E-state index contributed by atoms with van der Waals surface area (Å²) in [4.78, 5) is 21.6. The molecule has 5 rings (SSSR count). The first kappa shape index (κ1) is 26.1. The molecule has 8 nitrogen and oxygen atoms in total. The van der Waals surface area contributed by atoms with Gasteiger partial charge in [0.05, 0.1) is 5.54 Å². The second-order valence-corrected chi connectivity index (χ2v) is 11.2. The second-order valence-electron chi connectivity index (χ2n) is 11.2. The molecule has 1 unspecified atom stereocenters. The average molecular weight is 514 g/mol. The quantitative estimate of drug-likeness (QED) is 0.384. The van der Waals surface area contributed by atoms with Crippen LogP contribution in [0.15, 0.2) is 47.3 Å². The van der Waals surface area contributed by atoms with Crippen molar-refractivity contribution >= 4 is 16.6 Å². The van der Waals surface area contributed by atoms with E-state index in [2.05, 4.69) is 102 Å². The van der Waals surface area contributed by atoms with Crippen LogP contribution in [0.4, 0.5) is 5.69 Å². The zero-order chi connectivity index (χ0) is 27.0. The molecule has 0 bridgehead atoms. The lowest BCUT2D eigenvalue weighted by Crippen LogP contribution is -2.49. The van der Waals surface area contributed by atoms with Crippen LogP contribution >= 0.6 is 0 Å². The Morgan fingerprint density at radius 2 is 1.76 bits per heavy atom. The number of piperazine rings is 1. The normalized spacial score (nSPS) is 15.8. The third kappa shape index (κ3) is 4.85. The van der Waals surface area contributed by atoms with E-state index >= 15 is 0 Å². The summed E-state index contributed by atoms with van der Waals surface area (Å²) in [5.74, 6) is 0.716. The predicted molar refractivity (Wildman–Crippen MR) is 153 cm³/mol. The van der Waals surface area contributed by atoms with Gasteiger partial charge in [-0.1, -0.05) is 32.0 Å². The molecule has 200 valence electrons. The van der Waals surface area contributed by atoms with Crippen LogP contribution in [0.3, 0.4) is 0 Å². The third-order valence-electron chi connectivity index (χ3n) is 8.20. The minimum atomic E-state index is -0.352. The van der Waals surface area contributed by atoms with E-state index in [1.807, 2.05) is 16.8 Å². The molecule has 8 heteroatoms. The Morgan fingerprint density at radius 1 is 1.00 bits per heavy atom. The molecule has 38 heavy (non-hydrogen) atoms. The van der Waals surface area contributed by atoms with E-state index < -0.39 is 0 Å². The van der Waals surface area contributed by atoms with Gasteiger partial charge in [0, 0.05) is 42.9 Å². The van der Waals surface area contributed by atoms with Gasteiger partial charge in [-0.3, -0.25) is 9.69 Å². The summed E-state index contributed by atoms with van der Waals surface area (Å²) in [5, 5.41) is 14.1. The lowest BCUT2D eigenvalue weighted by molar-refractivity contribution is 0.186. The number of aromatic amines is 1. The van der Waals surface area contributed by atoms with E-state index in [-0.39, 0.29) is 17.1 Å². The van der Waals surface area contributed by atoms with Crippen molar-refractivity contribution in [3.05, 3.63) is 80.9 Å². The zero-order valence-corrected chi connectivity index (χ0v) is 23.5. The van der Waals surface area contributed by atoms with Gasteiger partial charge in [-0.25, -0.2) is 4.68 Å². The van der Waals surface area contributed by atoms with E-state index in [4.69, 9.17) is 0 Å². The summed E-state index contributed by atoms with van der Waals surface area (Å²) < 4.78 is 1.92. The van der Waals surface area contributed by atoms with Crippen LogP contribution in [0.2, 0.25) is 0 Å². The highest BCUT2D eigenvalue weighted by molar-refractivity contribution is 5.80. The molecule has 2 aromatic heterocycles. The van der Waals surface area contributed by atoms with E-state index in [1.54, 1.807) is 0 Å². The minimum Gasteiger partial charge on any atom is -0.369 e. The number of benzene rings is 2. The fraction of sp³-hybridized carbons (Fsp3) is 0.467. The first-order chi connectivity index (χ1) is 18.2. The summed E-state index contributed by atoms with van der Waals surface area (Å²) in [6.45, 7) is 16.2. The standard InChI is InChI=1S/C30H39N7O/c1-7-22-11-12-25-23(18-22)19-24(29(38)31-25)27(28-32-33-34-37(28)30(5,6)8-2)36-15-13-35(14-16-36)26-17-20(3)9-10-21(26)4/h9-12,17-19,27H,7-8,13-16H2,1-6H3,(H,31,38). The Bertz CT molecular complexity index is 1490. The Labute approximate surface area is 224 Å². The number of pyridine rings is 1. The van der Waals surface area contributed by atoms with Crippen LogP contribution in [-0.4, -0.2) is 56.3 Å². The number of H-pyrrole nitrogens is 1. The molecule has 1 saturated heterocycles. The number of tetrazole rings is 1. The van der Waals surface area contributed by atoms with E-state index in [9.17, 15) is 4.79 Å². The fourth-order valence-electron chi connectivity index (χ4n) is 5.42. The number of hydrogen-bond acceptors (Lipinski definition) is 6. The van der Waals surface area contributed by atoms with Crippen molar-refractivity contribution in [3.8, 4) is 0 Å². The second kappa shape index (κ2) is 10.3. The highest BCUT2D eigenvalue weighted by Crippen LogP contribution is 2.32. The van der Waals surface area contributed by atoms with Gasteiger partial charge in [-0.05, 0) is 97.3 Å². The van der Waals surface area contributed by atoms with Crippen molar-refractivity contribution in [3.63, 3.8) is 0 Å². The molecule has 1 N–H and O–H groups in total. The topological polar surface area (TPSA) is 82.9 Å². The molecule has 1 atom stereocenters. The van der Waals surface area contributed by atoms with Crippen molar-refractivity contribution in [2.24, 2.45) is 0 Å². The van der Waals surface area contributed by atoms with Gasteiger partial charge in [-0.2, -0.15) is 0 Å².